The van der Waals surface area contributed by atoms with Crippen molar-refractivity contribution < 1.29 is 28.5 Å². The first kappa shape index (κ1) is 47.0. The van der Waals surface area contributed by atoms with Gasteiger partial charge in [-0.3, -0.25) is 4.79 Å². The summed E-state index contributed by atoms with van der Waals surface area (Å²) in [4.78, 5) is 11.8. The van der Waals surface area contributed by atoms with Crippen LogP contribution >= 0.6 is 28.1 Å². The molecule has 0 bridgehead atoms. The van der Waals surface area contributed by atoms with Gasteiger partial charge in [0.1, 0.15) is 0 Å². The van der Waals surface area contributed by atoms with Crippen LogP contribution in [-0.4, -0.2) is 17.9 Å². The SMILES string of the molecule is CNC(=S)[N-]/N=C(\C)c1[c-]c2ccccc2oc1=O.[C-]#[O+].[Ru+2].c1ccc(P(c2ccccc2)c2ccccc2)cc1.c1ccc(P(c2ccccc2)c2ccccc2)cc1. The molecular weight excluding hydrogens is 886 g/mol. The summed E-state index contributed by atoms with van der Waals surface area (Å²) in [5, 5.41) is 15.9. The van der Waals surface area contributed by atoms with Gasteiger partial charge in [-0.2, -0.15) is 0 Å². The van der Waals surface area contributed by atoms with E-state index in [-0.39, 0.29) is 30.2 Å². The molecule has 1 aromatic heterocycles. The van der Waals surface area contributed by atoms with E-state index in [1.165, 1.54) is 31.8 Å². The minimum absolute atomic E-state index is 0. The molecule has 0 fully saturated rings. The zero-order valence-electron chi connectivity index (χ0n) is 32.9. The van der Waals surface area contributed by atoms with Gasteiger partial charge in [0, 0.05) is 5.11 Å². The third kappa shape index (κ3) is 13.7. The second-order valence-corrected chi connectivity index (χ2v) is 17.2. The summed E-state index contributed by atoms with van der Waals surface area (Å²) in [7, 11) is 0.754. The van der Waals surface area contributed by atoms with Gasteiger partial charge in [-0.15, -0.1) is 12.1 Å². The number of fused-ring (bicyclic) bond motifs is 1. The molecule has 0 amide bonds. The summed E-state index contributed by atoms with van der Waals surface area (Å²) >= 11 is 4.84. The fourth-order valence-corrected chi connectivity index (χ4v) is 10.5. The molecular formula is C50H41N3O3P2RuS. The van der Waals surface area contributed by atoms with Crippen molar-refractivity contribution >= 4 is 81.7 Å². The molecule has 10 heteroatoms. The van der Waals surface area contributed by atoms with Gasteiger partial charge in [0.25, 0.3) is 5.63 Å². The van der Waals surface area contributed by atoms with Crippen LogP contribution in [0, 0.1) is 12.7 Å². The van der Waals surface area contributed by atoms with E-state index in [0.717, 1.165) is 0 Å². The number of para-hydroxylation sites is 1. The first-order chi connectivity index (χ1) is 29.0. The maximum atomic E-state index is 11.8. The van der Waals surface area contributed by atoms with Crippen LogP contribution in [0.2, 0.25) is 0 Å². The third-order valence-corrected chi connectivity index (χ3v) is 13.7. The van der Waals surface area contributed by atoms with E-state index in [9.17, 15) is 4.79 Å². The van der Waals surface area contributed by atoms with Crippen LogP contribution in [0.25, 0.3) is 16.4 Å². The number of nitrogens with one attached hydrogen (secondary N) is 1. The molecule has 0 atom stereocenters. The Morgan fingerprint density at radius 1 is 0.583 bits per heavy atom. The predicted molar refractivity (Wildman–Crippen MR) is 253 cm³/mol. The van der Waals surface area contributed by atoms with Crippen LogP contribution < -0.4 is 42.8 Å². The molecule has 8 rings (SSSR count). The van der Waals surface area contributed by atoms with Crippen LogP contribution in [0.1, 0.15) is 12.5 Å². The Morgan fingerprint density at radius 3 is 1.20 bits per heavy atom. The van der Waals surface area contributed by atoms with Crippen LogP contribution in [0.3, 0.4) is 0 Å². The smallest absolute Gasteiger partial charge is 0.0622 e. The van der Waals surface area contributed by atoms with Gasteiger partial charge in [0.05, 0.1) is 5.58 Å². The monoisotopic (exact) mass is 927 g/mol. The first-order valence-electron chi connectivity index (χ1n) is 18.6. The number of hydrogen-bond acceptors (Lipinski definition) is 4. The fraction of sp³-hybridized carbons (Fsp3) is 0.0400. The van der Waals surface area contributed by atoms with E-state index in [2.05, 4.69) is 211 Å². The van der Waals surface area contributed by atoms with Crippen LogP contribution in [0.4, 0.5) is 0 Å². The van der Waals surface area contributed by atoms with Crippen molar-refractivity contribution in [3.05, 3.63) is 240 Å². The third-order valence-electron chi connectivity index (χ3n) is 8.51. The topological polar surface area (TPSA) is 88.6 Å². The van der Waals surface area contributed by atoms with Crippen molar-refractivity contribution in [2.24, 2.45) is 5.10 Å². The van der Waals surface area contributed by atoms with Gasteiger partial charge < -0.3 is 20.3 Å². The Kier molecular flexibility index (Phi) is 20.2. The second-order valence-electron chi connectivity index (χ2n) is 12.4. The molecule has 8 aromatic rings. The van der Waals surface area contributed by atoms with Crippen molar-refractivity contribution in [2.75, 3.05) is 7.05 Å². The molecule has 1 heterocycles. The summed E-state index contributed by atoms with van der Waals surface area (Å²) < 4.78 is 12.7. The molecule has 0 spiro atoms. The van der Waals surface area contributed by atoms with Crippen molar-refractivity contribution in [2.45, 2.75) is 6.92 Å². The van der Waals surface area contributed by atoms with Crippen molar-refractivity contribution in [3.63, 3.8) is 0 Å². The molecule has 0 aliphatic heterocycles. The van der Waals surface area contributed by atoms with Crippen LogP contribution in [0.5, 0.6) is 0 Å². The molecule has 0 saturated heterocycles. The summed E-state index contributed by atoms with van der Waals surface area (Å²) in [5.74, 6) is 0. The number of hydrogen-bond donors (Lipinski definition) is 1. The Bertz CT molecular complexity index is 2280. The quantitative estimate of drug-likeness (QED) is 0.0241. The maximum absolute atomic E-state index is 11.8. The van der Waals surface area contributed by atoms with Gasteiger partial charge >= 0.3 is 30.8 Å². The average Bonchev–Trinajstić information content (AvgIpc) is 3.31. The van der Waals surface area contributed by atoms with Gasteiger partial charge in [0.2, 0.25) is 0 Å². The molecule has 0 aliphatic carbocycles. The first-order valence-corrected chi connectivity index (χ1v) is 21.6. The largest absolute Gasteiger partial charge is 2.00 e. The summed E-state index contributed by atoms with van der Waals surface area (Å²) in [6.45, 7) is 6.15. The van der Waals surface area contributed by atoms with E-state index in [1.54, 1.807) is 26.1 Å². The molecule has 298 valence electrons. The van der Waals surface area contributed by atoms with Crippen molar-refractivity contribution in [1.82, 2.24) is 5.32 Å². The summed E-state index contributed by atoms with van der Waals surface area (Å²) in [6.07, 6.45) is 0. The Labute approximate surface area is 372 Å². The fourth-order valence-electron chi connectivity index (χ4n) is 5.81. The van der Waals surface area contributed by atoms with E-state index in [1.807, 2.05) is 12.1 Å². The molecule has 7 aromatic carbocycles. The predicted octanol–water partition coefficient (Wildman–Crippen LogP) is 9.04. The minimum Gasteiger partial charge on any atom is -0.0622 e. The zero-order chi connectivity index (χ0) is 41.7. The summed E-state index contributed by atoms with van der Waals surface area (Å²) in [6, 6.07) is 74.8. The molecule has 0 radical (unpaired) electrons. The zero-order valence-corrected chi connectivity index (χ0v) is 37.2. The van der Waals surface area contributed by atoms with Crippen molar-refractivity contribution in [1.29, 1.82) is 0 Å². The average molecular weight is 927 g/mol. The Hall–Kier alpha value is -5.67. The van der Waals surface area contributed by atoms with Crippen LogP contribution in [-0.2, 0) is 24.1 Å². The Morgan fingerprint density at radius 2 is 0.883 bits per heavy atom. The molecule has 0 saturated carbocycles. The molecule has 0 aliphatic rings. The van der Waals surface area contributed by atoms with Crippen LogP contribution in [0.15, 0.2) is 221 Å². The second kappa shape index (κ2) is 25.7. The molecule has 6 nitrogen and oxygen atoms in total. The van der Waals surface area contributed by atoms with E-state index in [0.29, 0.717) is 16.7 Å². The van der Waals surface area contributed by atoms with Crippen molar-refractivity contribution in [3.8, 4) is 0 Å². The minimum atomic E-state index is -0.495. The van der Waals surface area contributed by atoms with Gasteiger partial charge in [-0.25, -0.2) is 0 Å². The van der Waals surface area contributed by atoms with Gasteiger partial charge in [-0.05, 0) is 65.9 Å². The number of benzene rings is 7. The number of thiocarbonyl (C=S) groups is 1. The van der Waals surface area contributed by atoms with Gasteiger partial charge in [0.15, 0.2) is 0 Å². The van der Waals surface area contributed by atoms with E-state index >= 15 is 0 Å². The number of nitrogens with zero attached hydrogens (tertiary/aromatic N) is 2. The molecule has 0 unspecified atom stereocenters. The summed E-state index contributed by atoms with van der Waals surface area (Å²) in [5.41, 5.74) is 4.40. The normalized spacial score (nSPS) is 10.3. The maximum Gasteiger partial charge on any atom is 2.00 e. The van der Waals surface area contributed by atoms with E-state index in [4.69, 9.17) is 21.3 Å². The van der Waals surface area contributed by atoms with Gasteiger partial charge in [-0.1, -0.05) is 225 Å². The Balaban J connectivity index is 0.000000193. The molecule has 1 N–H and O–H groups in total. The number of rotatable bonds is 8. The standard InChI is InChI=1S/2C18H15P.C13H12N3O2S.CO.Ru/c2*1-4-10-16(11-5-1)19(17-12-6-2-7-13-17)18-14-8-3-9-15-18;1-8(15-16-13(19)14-2)10-7-9-5-3-4-6-11(9)18-12(10)17;1-2;/h2*1-15H;3-6H,1-2H3,(H2,14,16,19);;/q;;-1;;+2/p-1/b;;15-8+;;. The van der Waals surface area contributed by atoms with E-state index < -0.39 is 21.5 Å². The molecule has 60 heavy (non-hydrogen) atoms.